The number of halogens is 2. The number of amides is 3. The molecule has 4 aliphatic rings. The van der Waals surface area contributed by atoms with E-state index in [4.69, 9.17) is 4.98 Å². The molecule has 3 aromatic heterocycles. The lowest BCUT2D eigenvalue weighted by Crippen LogP contribution is -2.66. The van der Waals surface area contributed by atoms with Crippen molar-refractivity contribution in [3.05, 3.63) is 30.7 Å². The number of likely N-dealkylation sites (tertiary alicyclic amines) is 1. The van der Waals surface area contributed by atoms with E-state index in [1.54, 1.807) is 21.6 Å². The molecule has 218 valence electrons. The fourth-order valence-corrected chi connectivity index (χ4v) is 6.35. The molecule has 0 saturated carbocycles. The molecule has 0 aromatic carbocycles. The lowest BCUT2D eigenvalue weighted by molar-refractivity contribution is -0.133. The number of nitrogens with zero attached hydrogens (tertiary/aromatic N) is 10. The van der Waals surface area contributed by atoms with Gasteiger partial charge < -0.3 is 29.8 Å². The number of alkyl halides is 2. The minimum Gasteiger partial charge on any atom is -0.364 e. The Hall–Kier alpha value is -4.01. The van der Waals surface area contributed by atoms with Crippen LogP contribution in [0.25, 0.3) is 5.65 Å². The first kappa shape index (κ1) is 25.9. The fourth-order valence-electron chi connectivity index (χ4n) is 6.35. The number of pyridine rings is 1. The van der Waals surface area contributed by atoms with E-state index in [1.165, 1.54) is 4.90 Å². The average Bonchev–Trinajstić information content (AvgIpc) is 3.62. The van der Waals surface area contributed by atoms with Gasteiger partial charge in [-0.1, -0.05) is 0 Å². The number of carbonyl (C=O) groups excluding carboxylic acids is 2. The Bertz CT molecular complexity index is 1440. The quantitative estimate of drug-likeness (QED) is 0.488. The maximum atomic E-state index is 13.4. The summed E-state index contributed by atoms with van der Waals surface area (Å²) in [6.07, 6.45) is 6.93. The second-order valence-corrected chi connectivity index (χ2v) is 11.5. The molecule has 0 aliphatic carbocycles. The van der Waals surface area contributed by atoms with Crippen molar-refractivity contribution in [1.82, 2.24) is 44.0 Å². The van der Waals surface area contributed by atoms with Crippen LogP contribution < -0.4 is 10.2 Å². The van der Waals surface area contributed by atoms with Gasteiger partial charge in [0.2, 0.25) is 11.9 Å². The number of piperazine rings is 2. The van der Waals surface area contributed by atoms with E-state index in [2.05, 4.69) is 32.4 Å². The van der Waals surface area contributed by atoms with E-state index >= 15 is 0 Å². The van der Waals surface area contributed by atoms with E-state index in [9.17, 15) is 18.4 Å². The second kappa shape index (κ2) is 9.82. The van der Waals surface area contributed by atoms with Gasteiger partial charge in [0, 0.05) is 51.7 Å². The van der Waals surface area contributed by atoms with Gasteiger partial charge in [0.25, 0.3) is 5.92 Å². The van der Waals surface area contributed by atoms with Gasteiger partial charge in [-0.05, 0) is 32.0 Å². The summed E-state index contributed by atoms with van der Waals surface area (Å²) >= 11 is 0. The van der Waals surface area contributed by atoms with Crippen LogP contribution in [-0.4, -0.2) is 133 Å². The number of likely N-dealkylation sites (N-methyl/N-ethyl adjacent to an activating group) is 1. The zero-order valence-corrected chi connectivity index (χ0v) is 22.9. The highest BCUT2D eigenvalue weighted by Crippen LogP contribution is 2.37. The molecule has 2 atom stereocenters. The Morgan fingerprint density at radius 3 is 2.51 bits per heavy atom. The molecule has 13 nitrogen and oxygen atoms in total. The molecule has 4 saturated heterocycles. The molecule has 41 heavy (non-hydrogen) atoms. The summed E-state index contributed by atoms with van der Waals surface area (Å²) < 4.78 is 30.1. The highest BCUT2D eigenvalue weighted by Gasteiger charge is 2.51. The first-order valence-corrected chi connectivity index (χ1v) is 14.0. The molecule has 15 heteroatoms. The Labute approximate surface area is 235 Å². The number of urea groups is 1. The largest absolute Gasteiger partial charge is 0.364 e. The van der Waals surface area contributed by atoms with E-state index in [-0.39, 0.29) is 30.6 Å². The molecule has 7 rings (SSSR count). The SMILES string of the molecule is CN1CCN(C(=O)Cn2cc(Nc3nc4c(N5CC6CCC(C5)N6C(=O)N5CC(F)(F)C5)cccn4n3)cn2)CC1. The van der Waals surface area contributed by atoms with Crippen LogP contribution in [0.1, 0.15) is 12.8 Å². The molecule has 4 fully saturated rings. The number of nitrogens with one attached hydrogen (secondary N) is 1. The molecule has 4 aliphatic heterocycles. The lowest BCUT2D eigenvalue weighted by Gasteiger charge is -2.47. The van der Waals surface area contributed by atoms with Gasteiger partial charge >= 0.3 is 6.03 Å². The van der Waals surface area contributed by atoms with Gasteiger partial charge in [0.1, 0.15) is 6.54 Å². The minimum absolute atomic E-state index is 0.0318. The van der Waals surface area contributed by atoms with Crippen molar-refractivity contribution in [2.24, 2.45) is 0 Å². The highest BCUT2D eigenvalue weighted by molar-refractivity contribution is 5.78. The number of rotatable bonds is 5. The van der Waals surface area contributed by atoms with Crippen molar-refractivity contribution in [3.63, 3.8) is 0 Å². The van der Waals surface area contributed by atoms with Gasteiger partial charge in [0.15, 0.2) is 5.65 Å². The zero-order valence-electron chi connectivity index (χ0n) is 22.9. The fraction of sp³-hybridized carbons (Fsp3) is 0.577. The predicted octanol–water partition coefficient (Wildman–Crippen LogP) is 1.17. The predicted molar refractivity (Wildman–Crippen MR) is 145 cm³/mol. The van der Waals surface area contributed by atoms with E-state index < -0.39 is 19.0 Å². The summed E-state index contributed by atoms with van der Waals surface area (Å²) in [6.45, 7) is 3.58. The van der Waals surface area contributed by atoms with Gasteiger partial charge in [-0.15, -0.1) is 5.10 Å². The smallest absolute Gasteiger partial charge is 0.321 e. The van der Waals surface area contributed by atoms with E-state index in [0.29, 0.717) is 30.4 Å². The van der Waals surface area contributed by atoms with Crippen LogP contribution in [0.5, 0.6) is 0 Å². The normalized spacial score (nSPS) is 24.2. The van der Waals surface area contributed by atoms with Crippen molar-refractivity contribution < 1.29 is 18.4 Å². The summed E-state index contributed by atoms with van der Waals surface area (Å²) in [5, 5.41) is 12.1. The van der Waals surface area contributed by atoms with Gasteiger partial charge in [-0.3, -0.25) is 9.48 Å². The van der Waals surface area contributed by atoms with Crippen LogP contribution in [0.4, 0.5) is 30.9 Å². The molecular formula is C26H33F2N11O2. The first-order chi connectivity index (χ1) is 19.7. The lowest BCUT2D eigenvalue weighted by atomic mass is 10.1. The van der Waals surface area contributed by atoms with E-state index in [0.717, 1.165) is 44.7 Å². The number of anilines is 3. The summed E-state index contributed by atoms with van der Waals surface area (Å²) in [4.78, 5) is 39.7. The molecule has 0 spiro atoms. The molecule has 7 heterocycles. The van der Waals surface area contributed by atoms with Crippen molar-refractivity contribution in [1.29, 1.82) is 0 Å². The molecule has 3 aromatic rings. The number of hydrogen-bond donors (Lipinski definition) is 1. The zero-order chi connectivity index (χ0) is 28.3. The molecule has 3 amide bonds. The topological polar surface area (TPSA) is 110 Å². The van der Waals surface area contributed by atoms with Crippen LogP contribution in [0.3, 0.4) is 0 Å². The summed E-state index contributed by atoms with van der Waals surface area (Å²) in [7, 11) is 2.05. The third-order valence-electron chi connectivity index (χ3n) is 8.54. The summed E-state index contributed by atoms with van der Waals surface area (Å²) in [5.41, 5.74) is 2.26. The Morgan fingerprint density at radius 2 is 1.80 bits per heavy atom. The Balaban J connectivity index is 1.02. The Morgan fingerprint density at radius 1 is 1.07 bits per heavy atom. The van der Waals surface area contributed by atoms with Crippen LogP contribution in [0.2, 0.25) is 0 Å². The van der Waals surface area contributed by atoms with Crippen LogP contribution in [-0.2, 0) is 11.3 Å². The van der Waals surface area contributed by atoms with Crippen LogP contribution in [0, 0.1) is 0 Å². The minimum atomic E-state index is -2.77. The summed E-state index contributed by atoms with van der Waals surface area (Å²) in [5.74, 6) is -2.33. The number of fused-ring (bicyclic) bond motifs is 3. The third kappa shape index (κ3) is 4.91. The van der Waals surface area contributed by atoms with Crippen LogP contribution in [0.15, 0.2) is 30.7 Å². The van der Waals surface area contributed by atoms with Gasteiger partial charge in [0.05, 0.1) is 42.7 Å². The summed E-state index contributed by atoms with van der Waals surface area (Å²) in [6, 6.07) is 3.56. The molecular weight excluding hydrogens is 536 g/mol. The maximum Gasteiger partial charge on any atom is 0.321 e. The number of aromatic nitrogens is 5. The number of hydrogen-bond acceptors (Lipinski definition) is 8. The maximum absolute atomic E-state index is 13.4. The molecule has 2 bridgehead atoms. The third-order valence-corrected chi connectivity index (χ3v) is 8.54. The van der Waals surface area contributed by atoms with E-state index in [1.807, 2.05) is 28.1 Å². The van der Waals surface area contributed by atoms with Crippen molar-refractivity contribution in [2.75, 3.05) is 69.6 Å². The highest BCUT2D eigenvalue weighted by atomic mass is 19.3. The van der Waals surface area contributed by atoms with Gasteiger partial charge in [-0.2, -0.15) is 10.1 Å². The van der Waals surface area contributed by atoms with Crippen LogP contribution >= 0.6 is 0 Å². The molecule has 2 unspecified atom stereocenters. The number of carbonyl (C=O) groups is 2. The second-order valence-electron chi connectivity index (χ2n) is 11.5. The van der Waals surface area contributed by atoms with Crippen molar-refractivity contribution >= 4 is 34.9 Å². The Kier molecular flexibility index (Phi) is 6.21. The first-order valence-electron chi connectivity index (χ1n) is 14.0. The molecule has 1 N–H and O–H groups in total. The molecule has 0 radical (unpaired) electrons. The van der Waals surface area contributed by atoms with Crippen molar-refractivity contribution in [2.45, 2.75) is 37.4 Å². The van der Waals surface area contributed by atoms with Gasteiger partial charge in [-0.25, -0.2) is 18.1 Å². The average molecular weight is 570 g/mol. The standard InChI is InChI=1S/C26H33F2N11O2/c1-33-7-9-34(10-8-33)22(40)15-37-12-18(11-29-37)30-24-31-23-21(3-2-6-38(23)32-24)35-13-19-4-5-20(14-35)39(19)25(41)36-16-26(27,28)17-36/h2-3,6,11-12,19-20H,4-5,7-10,13-17H2,1H3,(H,30,32). The van der Waals surface area contributed by atoms with Crippen molar-refractivity contribution in [3.8, 4) is 0 Å². The monoisotopic (exact) mass is 569 g/mol.